The van der Waals surface area contributed by atoms with Gasteiger partial charge >= 0.3 is 0 Å². The fourth-order valence-electron chi connectivity index (χ4n) is 3.93. The van der Waals surface area contributed by atoms with E-state index in [0.29, 0.717) is 16.1 Å². The summed E-state index contributed by atoms with van der Waals surface area (Å²) >= 11 is 6.08. The van der Waals surface area contributed by atoms with Crippen molar-refractivity contribution in [2.24, 2.45) is 0 Å². The molecule has 0 saturated carbocycles. The Labute approximate surface area is 187 Å². The van der Waals surface area contributed by atoms with Crippen LogP contribution in [-0.2, 0) is 23.0 Å². The Balaban J connectivity index is 1.58. The second kappa shape index (κ2) is 8.46. The molecule has 4 rings (SSSR count). The third kappa shape index (κ3) is 4.24. The molecule has 31 heavy (non-hydrogen) atoms. The highest BCUT2D eigenvalue weighted by Gasteiger charge is 2.31. The van der Waals surface area contributed by atoms with Crippen molar-refractivity contribution in [1.29, 1.82) is 0 Å². The maximum Gasteiger partial charge on any atom is 0.258 e. The van der Waals surface area contributed by atoms with Crippen molar-refractivity contribution in [3.63, 3.8) is 0 Å². The molecule has 0 aliphatic carbocycles. The Morgan fingerprint density at radius 3 is 2.58 bits per heavy atom. The van der Waals surface area contributed by atoms with E-state index in [2.05, 4.69) is 4.72 Å². The van der Waals surface area contributed by atoms with Gasteiger partial charge in [-0.1, -0.05) is 48.0 Å². The van der Waals surface area contributed by atoms with Crippen LogP contribution in [0.25, 0.3) is 0 Å². The van der Waals surface area contributed by atoms with Gasteiger partial charge in [0.15, 0.2) is 0 Å². The van der Waals surface area contributed by atoms with E-state index in [4.69, 9.17) is 11.6 Å². The van der Waals surface area contributed by atoms with Crippen LogP contribution in [0.1, 0.15) is 34.0 Å². The van der Waals surface area contributed by atoms with Gasteiger partial charge in [-0.05, 0) is 67.3 Å². The SMILES string of the molecule is Cc1c(Cl)cccc1S(=O)(=O)NCc1ccc2c(c1)N(C(=O)c1ccccc1)[C@@H](C)C2. The number of carbonyl (C=O) groups is 1. The highest BCUT2D eigenvalue weighted by Crippen LogP contribution is 2.34. The summed E-state index contributed by atoms with van der Waals surface area (Å²) in [6.45, 7) is 3.81. The second-order valence-corrected chi connectivity index (χ2v) is 9.89. The first-order chi connectivity index (χ1) is 14.8. The van der Waals surface area contributed by atoms with Crippen molar-refractivity contribution in [3.05, 3.63) is 94.0 Å². The first-order valence-electron chi connectivity index (χ1n) is 10.0. The Morgan fingerprint density at radius 2 is 1.84 bits per heavy atom. The molecule has 0 radical (unpaired) electrons. The van der Waals surface area contributed by atoms with E-state index in [1.54, 1.807) is 36.1 Å². The lowest BCUT2D eigenvalue weighted by molar-refractivity contribution is 0.0981. The predicted molar refractivity (Wildman–Crippen MR) is 123 cm³/mol. The zero-order valence-electron chi connectivity index (χ0n) is 17.3. The highest BCUT2D eigenvalue weighted by atomic mass is 35.5. The molecule has 0 aromatic heterocycles. The fraction of sp³-hybridized carbons (Fsp3) is 0.208. The number of halogens is 1. The number of nitrogens with one attached hydrogen (secondary N) is 1. The summed E-state index contributed by atoms with van der Waals surface area (Å²) in [5.74, 6) is -0.0564. The molecule has 1 heterocycles. The van der Waals surface area contributed by atoms with Gasteiger partial charge in [0.05, 0.1) is 4.90 Å². The Morgan fingerprint density at radius 1 is 1.10 bits per heavy atom. The summed E-state index contributed by atoms with van der Waals surface area (Å²) < 4.78 is 28.2. The molecule has 7 heteroatoms. The molecule has 160 valence electrons. The number of nitrogens with zero attached hydrogens (tertiary/aromatic N) is 1. The first-order valence-corrected chi connectivity index (χ1v) is 11.9. The van der Waals surface area contributed by atoms with E-state index < -0.39 is 10.0 Å². The maximum atomic E-state index is 13.1. The summed E-state index contributed by atoms with van der Waals surface area (Å²) in [7, 11) is -3.72. The third-order valence-corrected chi connectivity index (χ3v) is 7.53. The van der Waals surface area contributed by atoms with Crippen LogP contribution < -0.4 is 9.62 Å². The molecule has 3 aromatic rings. The zero-order chi connectivity index (χ0) is 22.2. The Hall–Kier alpha value is -2.67. The van der Waals surface area contributed by atoms with Crippen molar-refractivity contribution >= 4 is 33.2 Å². The number of hydrogen-bond acceptors (Lipinski definition) is 3. The van der Waals surface area contributed by atoms with E-state index in [1.807, 2.05) is 43.3 Å². The minimum absolute atomic E-state index is 0.0313. The van der Waals surface area contributed by atoms with Gasteiger partial charge in [0.1, 0.15) is 0 Å². The summed E-state index contributed by atoms with van der Waals surface area (Å²) in [5.41, 5.74) is 3.83. The zero-order valence-corrected chi connectivity index (χ0v) is 18.9. The van der Waals surface area contributed by atoms with Crippen molar-refractivity contribution in [3.8, 4) is 0 Å². The van der Waals surface area contributed by atoms with E-state index in [-0.39, 0.29) is 23.4 Å². The number of rotatable bonds is 5. The summed E-state index contributed by atoms with van der Waals surface area (Å²) in [6.07, 6.45) is 0.765. The van der Waals surface area contributed by atoms with E-state index in [0.717, 1.165) is 23.2 Å². The molecule has 1 amide bonds. The van der Waals surface area contributed by atoms with Gasteiger partial charge in [0, 0.05) is 28.9 Å². The monoisotopic (exact) mass is 454 g/mol. The second-order valence-electron chi connectivity index (χ2n) is 7.74. The Bertz CT molecular complexity index is 1240. The molecule has 0 fully saturated rings. The largest absolute Gasteiger partial charge is 0.305 e. The molecule has 0 bridgehead atoms. The molecule has 1 aliphatic rings. The molecule has 5 nitrogen and oxygen atoms in total. The summed E-state index contributed by atoms with van der Waals surface area (Å²) in [6, 6.07) is 19.8. The van der Waals surface area contributed by atoms with Crippen LogP contribution in [0.3, 0.4) is 0 Å². The number of anilines is 1. The fourth-order valence-corrected chi connectivity index (χ4v) is 5.44. The topological polar surface area (TPSA) is 66.5 Å². The van der Waals surface area contributed by atoms with Crippen LogP contribution in [0.15, 0.2) is 71.6 Å². The van der Waals surface area contributed by atoms with E-state index in [9.17, 15) is 13.2 Å². The molecular formula is C24H23ClN2O3S. The van der Waals surface area contributed by atoms with Crippen LogP contribution in [-0.4, -0.2) is 20.4 Å². The normalized spacial score (nSPS) is 15.7. The van der Waals surface area contributed by atoms with Gasteiger partial charge < -0.3 is 4.90 Å². The molecule has 0 saturated heterocycles. The third-order valence-electron chi connectivity index (χ3n) is 5.58. The number of hydrogen-bond donors (Lipinski definition) is 1. The molecule has 0 spiro atoms. The average molecular weight is 455 g/mol. The number of amides is 1. The molecular weight excluding hydrogens is 432 g/mol. The van der Waals surface area contributed by atoms with Crippen LogP contribution in [0.4, 0.5) is 5.69 Å². The molecule has 0 unspecified atom stereocenters. The van der Waals surface area contributed by atoms with Gasteiger partial charge in [0.2, 0.25) is 10.0 Å². The standard InChI is InChI=1S/C24H23ClN2O3S/c1-16-13-20-12-11-18(14-22(20)27(16)24(28)19-7-4-3-5-8-19)15-26-31(29,30)23-10-6-9-21(25)17(23)2/h3-12,14,16,26H,13,15H2,1-2H3/t16-/m0/s1. The number of fused-ring (bicyclic) bond motifs is 1. The van der Waals surface area contributed by atoms with Crippen molar-refractivity contribution in [2.45, 2.75) is 37.8 Å². The van der Waals surface area contributed by atoms with Crippen LogP contribution in [0.2, 0.25) is 5.02 Å². The lowest BCUT2D eigenvalue weighted by atomic mass is 10.1. The van der Waals surface area contributed by atoms with Gasteiger partial charge in [-0.15, -0.1) is 0 Å². The van der Waals surface area contributed by atoms with Gasteiger partial charge in [-0.25, -0.2) is 13.1 Å². The minimum atomic E-state index is -3.72. The van der Waals surface area contributed by atoms with Gasteiger partial charge in [-0.2, -0.15) is 0 Å². The quantitative estimate of drug-likeness (QED) is 0.606. The summed E-state index contributed by atoms with van der Waals surface area (Å²) in [4.78, 5) is 15.1. The van der Waals surface area contributed by atoms with Crippen molar-refractivity contribution in [2.75, 3.05) is 4.90 Å². The highest BCUT2D eigenvalue weighted by molar-refractivity contribution is 7.89. The number of sulfonamides is 1. The first kappa shape index (κ1) is 21.6. The average Bonchev–Trinajstić information content (AvgIpc) is 3.09. The smallest absolute Gasteiger partial charge is 0.258 e. The lowest BCUT2D eigenvalue weighted by Gasteiger charge is -2.23. The van der Waals surface area contributed by atoms with E-state index >= 15 is 0 Å². The number of carbonyl (C=O) groups excluding carboxylic acids is 1. The predicted octanol–water partition coefficient (Wildman–Crippen LogP) is 4.72. The lowest BCUT2D eigenvalue weighted by Crippen LogP contribution is -2.35. The van der Waals surface area contributed by atoms with Crippen LogP contribution >= 0.6 is 11.6 Å². The van der Waals surface area contributed by atoms with Crippen LogP contribution in [0, 0.1) is 6.92 Å². The Kier molecular flexibility index (Phi) is 5.88. The molecule has 1 aliphatic heterocycles. The maximum absolute atomic E-state index is 13.1. The van der Waals surface area contributed by atoms with Crippen molar-refractivity contribution < 1.29 is 13.2 Å². The molecule has 1 N–H and O–H groups in total. The molecule has 1 atom stereocenters. The van der Waals surface area contributed by atoms with Crippen LogP contribution in [0.5, 0.6) is 0 Å². The van der Waals surface area contributed by atoms with Gasteiger partial charge in [-0.3, -0.25) is 4.79 Å². The molecule has 3 aromatic carbocycles. The van der Waals surface area contributed by atoms with Crippen molar-refractivity contribution in [1.82, 2.24) is 4.72 Å². The van der Waals surface area contributed by atoms with Gasteiger partial charge in [0.25, 0.3) is 5.91 Å². The number of benzene rings is 3. The minimum Gasteiger partial charge on any atom is -0.305 e. The van der Waals surface area contributed by atoms with E-state index in [1.165, 1.54) is 6.07 Å². The summed E-state index contributed by atoms with van der Waals surface area (Å²) in [5, 5.41) is 0.407.